The Balaban J connectivity index is 1.73. The number of halogens is 2. The number of rotatable bonds is 7. The summed E-state index contributed by atoms with van der Waals surface area (Å²) in [7, 11) is 0. The van der Waals surface area contributed by atoms with Crippen LogP contribution in [0.5, 0.6) is 0 Å². The normalized spacial score (nSPS) is 14.8. The van der Waals surface area contributed by atoms with Crippen LogP contribution in [0.3, 0.4) is 0 Å². The zero-order chi connectivity index (χ0) is 19.9. The van der Waals surface area contributed by atoms with Gasteiger partial charge in [0.15, 0.2) is 17.5 Å². The molecule has 1 saturated heterocycles. The lowest BCUT2D eigenvalue weighted by molar-refractivity contribution is 0.599. The number of thioether (sulfide) groups is 1. The molecule has 148 valence electrons. The second-order valence-corrected chi connectivity index (χ2v) is 7.57. The average molecular weight is 404 g/mol. The Kier molecular flexibility index (Phi) is 6.97. The summed E-state index contributed by atoms with van der Waals surface area (Å²) in [6.45, 7) is 3.72. The van der Waals surface area contributed by atoms with Crippen LogP contribution in [0, 0.1) is 17.0 Å². The van der Waals surface area contributed by atoms with E-state index in [2.05, 4.69) is 15.3 Å². The molecule has 8 heteroatoms. The lowest BCUT2D eigenvalue weighted by Crippen LogP contribution is -2.34. The number of hydrogen-bond acceptors (Lipinski definition) is 6. The quantitative estimate of drug-likeness (QED) is 0.689. The largest absolute Gasteiger partial charge is 0.384 e. The monoisotopic (exact) mass is 403 g/mol. The molecule has 1 aromatic heterocycles. The van der Waals surface area contributed by atoms with Gasteiger partial charge in [-0.3, -0.25) is 5.41 Å². The SMILES string of the molecule is CC/C(=C/C(=N)c1ncc(F)c(N2CCSCC2)n1)NCc1ccccc1F. The Morgan fingerprint density at radius 3 is 2.71 bits per heavy atom. The van der Waals surface area contributed by atoms with Gasteiger partial charge >= 0.3 is 0 Å². The van der Waals surface area contributed by atoms with Gasteiger partial charge in [-0.2, -0.15) is 11.8 Å². The number of nitrogens with zero attached hydrogens (tertiary/aromatic N) is 3. The smallest absolute Gasteiger partial charge is 0.183 e. The van der Waals surface area contributed by atoms with Crippen molar-refractivity contribution in [1.82, 2.24) is 15.3 Å². The molecule has 1 aliphatic heterocycles. The van der Waals surface area contributed by atoms with Gasteiger partial charge in [-0.1, -0.05) is 25.1 Å². The number of nitrogens with one attached hydrogen (secondary N) is 2. The van der Waals surface area contributed by atoms with Crippen molar-refractivity contribution in [1.29, 1.82) is 5.41 Å². The van der Waals surface area contributed by atoms with Crippen molar-refractivity contribution in [3.8, 4) is 0 Å². The van der Waals surface area contributed by atoms with Gasteiger partial charge in [-0.05, 0) is 18.6 Å². The van der Waals surface area contributed by atoms with E-state index in [1.54, 1.807) is 24.3 Å². The number of aromatic nitrogens is 2. The fourth-order valence-corrected chi connectivity index (χ4v) is 3.76. The third kappa shape index (κ3) is 5.07. The molecule has 0 aliphatic carbocycles. The van der Waals surface area contributed by atoms with E-state index >= 15 is 0 Å². The Morgan fingerprint density at radius 2 is 2.00 bits per heavy atom. The zero-order valence-electron chi connectivity index (χ0n) is 15.7. The van der Waals surface area contributed by atoms with Crippen molar-refractivity contribution in [2.24, 2.45) is 0 Å². The van der Waals surface area contributed by atoms with Crippen molar-refractivity contribution in [3.05, 3.63) is 65.3 Å². The van der Waals surface area contributed by atoms with Gasteiger partial charge < -0.3 is 10.2 Å². The highest BCUT2D eigenvalue weighted by Gasteiger charge is 2.18. The summed E-state index contributed by atoms with van der Waals surface area (Å²) in [5, 5.41) is 11.5. The Bertz CT molecular complexity index is 865. The average Bonchev–Trinajstić information content (AvgIpc) is 2.73. The molecule has 28 heavy (non-hydrogen) atoms. The van der Waals surface area contributed by atoms with Gasteiger partial charge in [-0.25, -0.2) is 18.7 Å². The summed E-state index contributed by atoms with van der Waals surface area (Å²) in [5.41, 5.74) is 1.40. The van der Waals surface area contributed by atoms with Gasteiger partial charge in [0.25, 0.3) is 0 Å². The summed E-state index contributed by atoms with van der Waals surface area (Å²) >= 11 is 1.83. The molecule has 0 amide bonds. The molecule has 5 nitrogen and oxygen atoms in total. The first-order valence-corrected chi connectivity index (χ1v) is 10.4. The number of hydrogen-bond donors (Lipinski definition) is 2. The van der Waals surface area contributed by atoms with Gasteiger partial charge in [0.1, 0.15) is 11.5 Å². The van der Waals surface area contributed by atoms with Gasteiger partial charge in [-0.15, -0.1) is 0 Å². The molecule has 2 heterocycles. The standard InChI is InChI=1S/C20H23F2N5S/c1-2-15(24-12-14-5-3-4-6-16(14)21)11-18(23)19-25-13-17(22)20(26-19)27-7-9-28-10-8-27/h3-6,11,13,23-24H,2,7-10,12H2,1H3/b15-11-,23-18?. The van der Waals surface area contributed by atoms with Crippen LogP contribution in [-0.4, -0.2) is 40.3 Å². The van der Waals surface area contributed by atoms with Crippen LogP contribution >= 0.6 is 11.8 Å². The molecule has 1 aliphatic rings. The van der Waals surface area contributed by atoms with E-state index in [-0.39, 0.29) is 23.2 Å². The zero-order valence-corrected chi connectivity index (χ0v) is 16.5. The highest BCUT2D eigenvalue weighted by Crippen LogP contribution is 2.20. The van der Waals surface area contributed by atoms with Crippen molar-refractivity contribution in [2.75, 3.05) is 29.5 Å². The van der Waals surface area contributed by atoms with Crippen molar-refractivity contribution >= 4 is 23.3 Å². The minimum atomic E-state index is -0.471. The number of benzene rings is 1. The Morgan fingerprint density at radius 1 is 1.25 bits per heavy atom. The maximum Gasteiger partial charge on any atom is 0.183 e. The molecule has 0 atom stereocenters. The van der Waals surface area contributed by atoms with E-state index in [0.29, 0.717) is 18.5 Å². The maximum atomic E-state index is 14.2. The number of anilines is 1. The second kappa shape index (κ2) is 9.64. The number of allylic oxidation sites excluding steroid dienone is 2. The van der Waals surface area contributed by atoms with Gasteiger partial charge in [0.2, 0.25) is 0 Å². The van der Waals surface area contributed by atoms with E-state index in [0.717, 1.165) is 36.5 Å². The molecule has 0 spiro atoms. The Labute approximate surface area is 167 Å². The van der Waals surface area contributed by atoms with E-state index in [1.165, 1.54) is 6.07 Å². The predicted molar refractivity (Wildman–Crippen MR) is 110 cm³/mol. The van der Waals surface area contributed by atoms with Crippen LogP contribution in [0.1, 0.15) is 24.7 Å². The summed E-state index contributed by atoms with van der Waals surface area (Å²) < 4.78 is 28.0. The van der Waals surface area contributed by atoms with E-state index in [4.69, 9.17) is 5.41 Å². The van der Waals surface area contributed by atoms with Crippen molar-refractivity contribution < 1.29 is 8.78 Å². The van der Waals surface area contributed by atoms with Gasteiger partial charge in [0, 0.05) is 42.4 Å². The van der Waals surface area contributed by atoms with Crippen LogP contribution in [0.25, 0.3) is 0 Å². The van der Waals surface area contributed by atoms with E-state index in [9.17, 15) is 8.78 Å². The molecular weight excluding hydrogens is 380 g/mol. The molecule has 0 radical (unpaired) electrons. The third-order valence-electron chi connectivity index (χ3n) is 4.44. The van der Waals surface area contributed by atoms with Gasteiger partial charge in [0.05, 0.1) is 6.20 Å². The third-order valence-corrected chi connectivity index (χ3v) is 5.38. The van der Waals surface area contributed by atoms with E-state index in [1.807, 2.05) is 23.6 Å². The van der Waals surface area contributed by atoms with Crippen LogP contribution in [0.15, 0.2) is 42.2 Å². The first-order valence-electron chi connectivity index (χ1n) is 9.20. The second-order valence-electron chi connectivity index (χ2n) is 6.35. The summed E-state index contributed by atoms with van der Waals surface area (Å²) in [4.78, 5) is 10.2. The van der Waals surface area contributed by atoms with Crippen molar-refractivity contribution in [3.63, 3.8) is 0 Å². The first-order chi connectivity index (χ1) is 13.6. The molecule has 1 fully saturated rings. The maximum absolute atomic E-state index is 14.2. The topological polar surface area (TPSA) is 64.9 Å². The fourth-order valence-electron chi connectivity index (χ4n) is 2.85. The molecule has 3 rings (SSSR count). The van der Waals surface area contributed by atoms with Crippen LogP contribution in [0.2, 0.25) is 0 Å². The lowest BCUT2D eigenvalue weighted by atomic mass is 10.2. The minimum absolute atomic E-state index is 0.0884. The molecule has 2 N–H and O–H groups in total. The summed E-state index contributed by atoms with van der Waals surface area (Å²) in [6, 6.07) is 6.56. The van der Waals surface area contributed by atoms with Crippen molar-refractivity contribution in [2.45, 2.75) is 19.9 Å². The predicted octanol–water partition coefficient (Wildman–Crippen LogP) is 3.76. The molecular formula is C20H23F2N5S. The highest BCUT2D eigenvalue weighted by atomic mass is 32.2. The van der Waals surface area contributed by atoms with Crippen LogP contribution < -0.4 is 10.2 Å². The van der Waals surface area contributed by atoms with Crippen LogP contribution in [0.4, 0.5) is 14.6 Å². The molecule has 0 unspecified atom stereocenters. The summed E-state index contributed by atoms with van der Waals surface area (Å²) in [6.07, 6.45) is 3.37. The Hall–Kier alpha value is -2.48. The van der Waals surface area contributed by atoms with Crippen LogP contribution in [-0.2, 0) is 6.54 Å². The molecule has 0 saturated carbocycles. The minimum Gasteiger partial charge on any atom is -0.384 e. The molecule has 2 aromatic rings. The summed E-state index contributed by atoms with van der Waals surface area (Å²) in [5.74, 6) is 1.54. The molecule has 1 aromatic carbocycles. The van der Waals surface area contributed by atoms with E-state index < -0.39 is 5.82 Å². The molecule has 0 bridgehead atoms. The fraction of sp³-hybridized carbons (Fsp3) is 0.350. The highest BCUT2D eigenvalue weighted by molar-refractivity contribution is 7.99. The first kappa shape index (κ1) is 20.3. The lowest BCUT2D eigenvalue weighted by Gasteiger charge is -2.27.